The van der Waals surface area contributed by atoms with Gasteiger partial charge in [-0.3, -0.25) is 0 Å². The van der Waals surface area contributed by atoms with E-state index in [-0.39, 0.29) is 12.1 Å². The van der Waals surface area contributed by atoms with Gasteiger partial charge in [-0.05, 0) is 45.4 Å². The van der Waals surface area contributed by atoms with Crippen LogP contribution in [0.2, 0.25) is 0 Å². The van der Waals surface area contributed by atoms with Crippen molar-refractivity contribution in [2.45, 2.75) is 45.4 Å². The highest BCUT2D eigenvalue weighted by Crippen LogP contribution is 2.28. The second-order valence-electron chi connectivity index (χ2n) is 6.64. The molecule has 1 fully saturated rings. The van der Waals surface area contributed by atoms with Crippen LogP contribution in [0.4, 0.5) is 4.79 Å². The SMILES string of the molecule is CC(NC1CN(C(=O)OC(C)(C)C)C1)c1ccc(Br)cc1Br. The van der Waals surface area contributed by atoms with Crippen molar-refractivity contribution >= 4 is 38.0 Å². The summed E-state index contributed by atoms with van der Waals surface area (Å²) in [4.78, 5) is 13.6. The fraction of sp³-hybridized carbons (Fsp3) is 0.562. The molecule has 4 nitrogen and oxygen atoms in total. The van der Waals surface area contributed by atoms with E-state index >= 15 is 0 Å². The molecule has 0 aliphatic carbocycles. The second kappa shape index (κ2) is 6.89. The molecule has 1 saturated heterocycles. The van der Waals surface area contributed by atoms with E-state index in [0.29, 0.717) is 19.1 Å². The predicted octanol–water partition coefficient (Wildman–Crippen LogP) is 4.48. The van der Waals surface area contributed by atoms with Gasteiger partial charge in [0.2, 0.25) is 0 Å². The fourth-order valence-corrected chi connectivity index (χ4v) is 3.75. The van der Waals surface area contributed by atoms with Crippen LogP contribution in [0.15, 0.2) is 27.1 Å². The zero-order valence-corrected chi connectivity index (χ0v) is 16.5. The average molecular weight is 434 g/mol. The third kappa shape index (κ3) is 4.70. The lowest BCUT2D eigenvalue weighted by Crippen LogP contribution is -2.60. The zero-order valence-electron chi connectivity index (χ0n) is 13.3. The smallest absolute Gasteiger partial charge is 0.410 e. The lowest BCUT2D eigenvalue weighted by molar-refractivity contribution is 0.00433. The molecule has 1 aromatic carbocycles. The first-order valence-electron chi connectivity index (χ1n) is 7.34. The lowest BCUT2D eigenvalue weighted by Gasteiger charge is -2.41. The summed E-state index contributed by atoms with van der Waals surface area (Å²) in [6.07, 6.45) is -0.233. The third-order valence-corrected chi connectivity index (χ3v) is 4.63. The van der Waals surface area contributed by atoms with Crippen molar-refractivity contribution in [3.8, 4) is 0 Å². The molecule has 1 aliphatic rings. The number of nitrogens with one attached hydrogen (secondary N) is 1. The summed E-state index contributed by atoms with van der Waals surface area (Å²) < 4.78 is 7.48. The Kier molecular flexibility index (Phi) is 5.56. The highest BCUT2D eigenvalue weighted by molar-refractivity contribution is 9.11. The number of hydrogen-bond donors (Lipinski definition) is 1. The number of amides is 1. The molecular weight excluding hydrogens is 412 g/mol. The third-order valence-electron chi connectivity index (χ3n) is 3.45. The van der Waals surface area contributed by atoms with Crippen molar-refractivity contribution in [2.24, 2.45) is 0 Å². The first-order valence-corrected chi connectivity index (χ1v) is 8.93. The van der Waals surface area contributed by atoms with Gasteiger partial charge in [0, 0.05) is 34.1 Å². The molecule has 122 valence electrons. The highest BCUT2D eigenvalue weighted by atomic mass is 79.9. The molecule has 1 aromatic rings. The van der Waals surface area contributed by atoms with Gasteiger partial charge < -0.3 is 15.0 Å². The molecule has 1 amide bonds. The van der Waals surface area contributed by atoms with Crippen LogP contribution in [0.3, 0.4) is 0 Å². The molecule has 6 heteroatoms. The molecular formula is C16H22Br2N2O2. The number of likely N-dealkylation sites (tertiary alicyclic amines) is 1. The summed E-state index contributed by atoms with van der Waals surface area (Å²) in [6.45, 7) is 9.15. The van der Waals surface area contributed by atoms with Gasteiger partial charge in [0.25, 0.3) is 0 Å². The van der Waals surface area contributed by atoms with Gasteiger partial charge in [-0.2, -0.15) is 0 Å². The van der Waals surface area contributed by atoms with Gasteiger partial charge in [0.15, 0.2) is 0 Å². The maximum absolute atomic E-state index is 11.9. The number of nitrogens with zero attached hydrogens (tertiary/aromatic N) is 1. The van der Waals surface area contributed by atoms with Crippen molar-refractivity contribution in [2.75, 3.05) is 13.1 Å². The number of carbonyl (C=O) groups excluding carboxylic acids is 1. The van der Waals surface area contributed by atoms with E-state index in [2.05, 4.69) is 50.2 Å². The summed E-state index contributed by atoms with van der Waals surface area (Å²) in [7, 11) is 0. The lowest BCUT2D eigenvalue weighted by atomic mass is 10.0. The quantitative estimate of drug-likeness (QED) is 0.763. The van der Waals surface area contributed by atoms with E-state index in [1.807, 2.05) is 32.9 Å². The van der Waals surface area contributed by atoms with E-state index in [4.69, 9.17) is 4.74 Å². The molecule has 0 radical (unpaired) electrons. The first kappa shape index (κ1) is 17.8. The summed E-state index contributed by atoms with van der Waals surface area (Å²) >= 11 is 7.05. The Morgan fingerprint density at radius 3 is 2.55 bits per heavy atom. The maximum atomic E-state index is 11.9. The molecule has 0 spiro atoms. The topological polar surface area (TPSA) is 41.6 Å². The fourth-order valence-electron chi connectivity index (χ4n) is 2.36. The van der Waals surface area contributed by atoms with Crippen LogP contribution in [0, 0.1) is 0 Å². The monoisotopic (exact) mass is 432 g/mol. The van der Waals surface area contributed by atoms with Gasteiger partial charge in [-0.15, -0.1) is 0 Å². The van der Waals surface area contributed by atoms with Crippen LogP contribution in [-0.4, -0.2) is 35.7 Å². The summed E-state index contributed by atoms with van der Waals surface area (Å²) in [5, 5.41) is 3.55. The Morgan fingerprint density at radius 1 is 1.36 bits per heavy atom. The number of halogens is 2. The van der Waals surface area contributed by atoms with Crippen LogP contribution in [0.25, 0.3) is 0 Å². The minimum atomic E-state index is -0.439. The van der Waals surface area contributed by atoms with E-state index in [1.54, 1.807) is 4.90 Å². The van der Waals surface area contributed by atoms with Crippen LogP contribution in [-0.2, 0) is 4.74 Å². The van der Waals surface area contributed by atoms with Crippen molar-refractivity contribution in [1.29, 1.82) is 0 Å². The van der Waals surface area contributed by atoms with Crippen molar-refractivity contribution < 1.29 is 9.53 Å². The summed E-state index contributed by atoms with van der Waals surface area (Å²) in [6, 6.07) is 6.69. The van der Waals surface area contributed by atoms with E-state index < -0.39 is 5.60 Å². The van der Waals surface area contributed by atoms with E-state index in [9.17, 15) is 4.79 Å². The minimum absolute atomic E-state index is 0.216. The van der Waals surface area contributed by atoms with Crippen molar-refractivity contribution in [3.63, 3.8) is 0 Å². The molecule has 0 aromatic heterocycles. The maximum Gasteiger partial charge on any atom is 0.410 e. The normalized spacial score (nSPS) is 17.1. The second-order valence-corrected chi connectivity index (χ2v) is 8.41. The van der Waals surface area contributed by atoms with Gasteiger partial charge >= 0.3 is 6.09 Å². The van der Waals surface area contributed by atoms with Gasteiger partial charge in [0.05, 0.1) is 0 Å². The number of hydrogen-bond acceptors (Lipinski definition) is 3. The van der Waals surface area contributed by atoms with Crippen LogP contribution in [0.5, 0.6) is 0 Å². The van der Waals surface area contributed by atoms with Gasteiger partial charge in [-0.25, -0.2) is 4.79 Å². The first-order chi connectivity index (χ1) is 10.2. The molecule has 2 rings (SSSR count). The molecule has 1 aliphatic heterocycles. The van der Waals surface area contributed by atoms with Crippen molar-refractivity contribution in [1.82, 2.24) is 10.2 Å². The Bertz CT molecular complexity index is 552. The molecule has 1 unspecified atom stereocenters. The number of ether oxygens (including phenoxy) is 1. The summed E-state index contributed by atoms with van der Waals surface area (Å²) in [5.74, 6) is 0. The Labute approximate surface area is 148 Å². The number of carbonyl (C=O) groups is 1. The largest absolute Gasteiger partial charge is 0.444 e. The minimum Gasteiger partial charge on any atom is -0.444 e. The van der Waals surface area contributed by atoms with E-state index in [0.717, 1.165) is 8.95 Å². The highest BCUT2D eigenvalue weighted by Gasteiger charge is 2.34. The molecule has 1 atom stereocenters. The van der Waals surface area contributed by atoms with Crippen LogP contribution >= 0.6 is 31.9 Å². The van der Waals surface area contributed by atoms with Crippen LogP contribution < -0.4 is 5.32 Å². The summed E-state index contributed by atoms with van der Waals surface area (Å²) in [5.41, 5.74) is 0.768. The Hall–Kier alpha value is -0.590. The van der Waals surface area contributed by atoms with Crippen molar-refractivity contribution in [3.05, 3.63) is 32.7 Å². The van der Waals surface area contributed by atoms with Gasteiger partial charge in [0.1, 0.15) is 5.60 Å². The molecule has 0 bridgehead atoms. The molecule has 1 heterocycles. The number of rotatable bonds is 3. The number of benzene rings is 1. The molecule has 0 saturated carbocycles. The Morgan fingerprint density at radius 2 is 2.00 bits per heavy atom. The van der Waals surface area contributed by atoms with Crippen LogP contribution in [0.1, 0.15) is 39.3 Å². The predicted molar refractivity (Wildman–Crippen MR) is 95.0 cm³/mol. The Balaban J connectivity index is 1.83. The van der Waals surface area contributed by atoms with Gasteiger partial charge in [-0.1, -0.05) is 37.9 Å². The standard InChI is InChI=1S/C16H22Br2N2O2/c1-10(13-6-5-11(17)7-14(13)18)19-12-8-20(9-12)15(21)22-16(2,3)4/h5-7,10,12,19H,8-9H2,1-4H3. The van der Waals surface area contributed by atoms with E-state index in [1.165, 1.54) is 5.56 Å². The average Bonchev–Trinajstić information content (AvgIpc) is 2.30. The molecule has 1 N–H and O–H groups in total. The molecule has 22 heavy (non-hydrogen) atoms. The zero-order chi connectivity index (χ0) is 16.5.